The first-order valence-corrected chi connectivity index (χ1v) is 6.20. The summed E-state index contributed by atoms with van der Waals surface area (Å²) in [6, 6.07) is 5.95. The molecule has 2 aliphatic rings. The van der Waals surface area contributed by atoms with Gasteiger partial charge in [0, 0.05) is 19.0 Å². The Kier molecular flexibility index (Phi) is 2.58. The molecular weight excluding hydrogens is 228 g/mol. The molecule has 0 radical (unpaired) electrons. The van der Waals surface area contributed by atoms with E-state index in [1.807, 2.05) is 18.2 Å². The second kappa shape index (κ2) is 4.12. The molecule has 1 saturated heterocycles. The van der Waals surface area contributed by atoms with Crippen LogP contribution >= 0.6 is 0 Å². The van der Waals surface area contributed by atoms with Crippen molar-refractivity contribution in [3.63, 3.8) is 0 Å². The molecule has 1 aromatic rings. The number of aliphatic imine (C=N–C) groups is 1. The van der Waals surface area contributed by atoms with Crippen LogP contribution in [0.4, 0.5) is 5.69 Å². The molecule has 3 rings (SSSR count). The van der Waals surface area contributed by atoms with Crippen LogP contribution < -0.4 is 4.74 Å². The molecule has 94 valence electrons. The largest absolute Gasteiger partial charge is 0.497 e. The Balaban J connectivity index is 1.97. The molecule has 2 aliphatic heterocycles. The first-order valence-electron chi connectivity index (χ1n) is 6.20. The number of hydrogen-bond acceptors (Lipinski definition) is 4. The van der Waals surface area contributed by atoms with Gasteiger partial charge in [0.25, 0.3) is 0 Å². The molecule has 1 atom stereocenters. The van der Waals surface area contributed by atoms with E-state index < -0.39 is 0 Å². The van der Waals surface area contributed by atoms with Crippen LogP contribution in [0.1, 0.15) is 25.3 Å². The average molecular weight is 244 g/mol. The maximum Gasteiger partial charge on any atom is 0.152 e. The summed E-state index contributed by atoms with van der Waals surface area (Å²) in [5.74, 6) is 2.10. The van der Waals surface area contributed by atoms with Gasteiger partial charge in [0.2, 0.25) is 0 Å². The summed E-state index contributed by atoms with van der Waals surface area (Å²) in [5.41, 5.74) is 2.14. The first-order chi connectivity index (χ1) is 8.69. The molecule has 1 aromatic carbocycles. The molecule has 0 saturated carbocycles. The molecular formula is C14H16N2O2. The lowest BCUT2D eigenvalue weighted by molar-refractivity contribution is -0.120. The molecule has 1 unspecified atom stereocenters. The van der Waals surface area contributed by atoms with E-state index in [1.165, 1.54) is 0 Å². The van der Waals surface area contributed by atoms with Gasteiger partial charge in [-0.15, -0.1) is 0 Å². The number of benzene rings is 1. The van der Waals surface area contributed by atoms with Crippen LogP contribution in [0.25, 0.3) is 0 Å². The molecule has 1 fully saturated rings. The van der Waals surface area contributed by atoms with Gasteiger partial charge >= 0.3 is 0 Å². The van der Waals surface area contributed by atoms with Crippen molar-refractivity contribution in [2.75, 3.05) is 7.11 Å². The number of carbonyl (C=O) groups excluding carboxylic acids is 1. The number of fused-ring (bicyclic) bond motifs is 2. The van der Waals surface area contributed by atoms with Crippen LogP contribution in [-0.4, -0.2) is 29.7 Å². The molecule has 0 bridgehead atoms. The number of hydrogen-bond donors (Lipinski definition) is 0. The number of nitrogens with zero attached hydrogens (tertiary/aromatic N) is 2. The number of ketones is 1. The van der Waals surface area contributed by atoms with Crippen LogP contribution in [0, 0.1) is 0 Å². The first kappa shape index (κ1) is 11.3. The third-order valence-electron chi connectivity index (χ3n) is 3.70. The SMILES string of the molecule is COc1ccc2c(c1)N=C1CCC(C(C)=O)N1C2. The van der Waals surface area contributed by atoms with Gasteiger partial charge in [-0.2, -0.15) is 0 Å². The van der Waals surface area contributed by atoms with Crippen molar-refractivity contribution in [3.05, 3.63) is 23.8 Å². The molecule has 0 N–H and O–H groups in total. The third-order valence-corrected chi connectivity index (χ3v) is 3.70. The summed E-state index contributed by atoms with van der Waals surface area (Å²) < 4.78 is 5.21. The highest BCUT2D eigenvalue weighted by Crippen LogP contribution is 2.35. The van der Waals surface area contributed by atoms with Gasteiger partial charge in [-0.25, -0.2) is 4.99 Å². The quantitative estimate of drug-likeness (QED) is 0.801. The Morgan fingerprint density at radius 2 is 2.33 bits per heavy atom. The van der Waals surface area contributed by atoms with Gasteiger partial charge < -0.3 is 9.64 Å². The van der Waals surface area contributed by atoms with Gasteiger partial charge in [0.05, 0.1) is 18.8 Å². The van der Waals surface area contributed by atoms with E-state index in [1.54, 1.807) is 14.0 Å². The fourth-order valence-electron chi connectivity index (χ4n) is 2.72. The van der Waals surface area contributed by atoms with Crippen LogP contribution in [0.2, 0.25) is 0 Å². The lowest BCUT2D eigenvalue weighted by Gasteiger charge is -2.29. The monoisotopic (exact) mass is 244 g/mol. The average Bonchev–Trinajstić information content (AvgIpc) is 2.78. The summed E-state index contributed by atoms with van der Waals surface area (Å²) in [4.78, 5) is 18.4. The van der Waals surface area contributed by atoms with Gasteiger partial charge in [-0.3, -0.25) is 4.79 Å². The second-order valence-electron chi connectivity index (χ2n) is 4.82. The minimum absolute atomic E-state index is 0.0130. The Morgan fingerprint density at radius 3 is 3.06 bits per heavy atom. The van der Waals surface area contributed by atoms with Crippen molar-refractivity contribution < 1.29 is 9.53 Å². The molecule has 0 aromatic heterocycles. The highest BCUT2D eigenvalue weighted by molar-refractivity contribution is 5.95. The van der Waals surface area contributed by atoms with Gasteiger partial charge in [0.1, 0.15) is 11.6 Å². The smallest absolute Gasteiger partial charge is 0.152 e. The molecule has 0 aliphatic carbocycles. The summed E-state index contributed by atoms with van der Waals surface area (Å²) in [6.45, 7) is 2.44. The van der Waals surface area contributed by atoms with Crippen LogP contribution in [0.15, 0.2) is 23.2 Å². The van der Waals surface area contributed by atoms with Gasteiger partial charge in [0.15, 0.2) is 5.78 Å². The van der Waals surface area contributed by atoms with Crippen LogP contribution in [0.3, 0.4) is 0 Å². The van der Waals surface area contributed by atoms with Crippen LogP contribution in [0.5, 0.6) is 5.75 Å². The second-order valence-corrected chi connectivity index (χ2v) is 4.82. The van der Waals surface area contributed by atoms with E-state index >= 15 is 0 Å². The lowest BCUT2D eigenvalue weighted by atomic mass is 10.1. The highest BCUT2D eigenvalue weighted by atomic mass is 16.5. The summed E-state index contributed by atoms with van der Waals surface area (Å²) >= 11 is 0. The lowest BCUT2D eigenvalue weighted by Crippen LogP contribution is -2.38. The van der Waals surface area contributed by atoms with Crippen molar-refractivity contribution in [2.45, 2.75) is 32.4 Å². The van der Waals surface area contributed by atoms with E-state index in [0.717, 1.165) is 42.2 Å². The van der Waals surface area contributed by atoms with E-state index in [4.69, 9.17) is 4.74 Å². The topological polar surface area (TPSA) is 41.9 Å². The van der Waals surface area contributed by atoms with E-state index in [-0.39, 0.29) is 11.8 Å². The third kappa shape index (κ3) is 1.68. The molecule has 0 spiro atoms. The van der Waals surface area contributed by atoms with E-state index in [0.29, 0.717) is 0 Å². The van der Waals surface area contributed by atoms with Gasteiger partial charge in [-0.1, -0.05) is 6.07 Å². The number of carbonyl (C=O) groups is 1. The van der Waals surface area contributed by atoms with Crippen molar-refractivity contribution in [1.82, 2.24) is 4.90 Å². The maximum atomic E-state index is 11.6. The van der Waals surface area contributed by atoms with Crippen molar-refractivity contribution >= 4 is 17.3 Å². The molecule has 4 heteroatoms. The zero-order valence-electron chi connectivity index (χ0n) is 10.6. The number of ether oxygens (including phenoxy) is 1. The van der Waals surface area contributed by atoms with Crippen molar-refractivity contribution in [2.24, 2.45) is 4.99 Å². The van der Waals surface area contributed by atoms with Crippen molar-refractivity contribution in [1.29, 1.82) is 0 Å². The Morgan fingerprint density at radius 1 is 1.50 bits per heavy atom. The Hall–Kier alpha value is -1.84. The minimum atomic E-state index is 0.0130. The maximum absolute atomic E-state index is 11.6. The highest BCUT2D eigenvalue weighted by Gasteiger charge is 2.34. The van der Waals surface area contributed by atoms with E-state index in [9.17, 15) is 4.79 Å². The number of rotatable bonds is 2. The molecule has 2 heterocycles. The molecule has 4 nitrogen and oxygen atoms in total. The fourth-order valence-corrected chi connectivity index (χ4v) is 2.72. The number of Topliss-reactive ketones (excluding diaryl/α,β-unsaturated/α-hetero) is 1. The summed E-state index contributed by atoms with van der Waals surface area (Å²) in [6.07, 6.45) is 1.78. The minimum Gasteiger partial charge on any atom is -0.497 e. The van der Waals surface area contributed by atoms with Crippen LogP contribution in [-0.2, 0) is 11.3 Å². The van der Waals surface area contributed by atoms with Gasteiger partial charge in [-0.05, 0) is 25.0 Å². The zero-order chi connectivity index (χ0) is 12.7. The van der Waals surface area contributed by atoms with Crippen molar-refractivity contribution in [3.8, 4) is 5.75 Å². The Bertz CT molecular complexity index is 537. The fraction of sp³-hybridized carbons (Fsp3) is 0.429. The zero-order valence-corrected chi connectivity index (χ0v) is 10.6. The van der Waals surface area contributed by atoms with E-state index in [2.05, 4.69) is 9.89 Å². The normalized spacial score (nSPS) is 21.1. The molecule has 0 amide bonds. The molecule has 18 heavy (non-hydrogen) atoms. The summed E-state index contributed by atoms with van der Waals surface area (Å²) in [5, 5.41) is 0. The number of amidine groups is 1. The standard InChI is InChI=1S/C14H16N2O2/c1-9(17)13-5-6-14-15-12-7-11(18-2)4-3-10(12)8-16(13)14/h3-4,7,13H,5-6,8H2,1-2H3. The predicted molar refractivity (Wildman–Crippen MR) is 69.3 cm³/mol. The number of methoxy groups -OCH3 is 1. The predicted octanol–water partition coefficient (Wildman–Crippen LogP) is 2.29. The Labute approximate surface area is 106 Å². The summed E-state index contributed by atoms with van der Waals surface area (Å²) in [7, 11) is 1.66.